The minimum atomic E-state index is 0.0814. The first-order chi connectivity index (χ1) is 6.33. The molecule has 0 aliphatic carbocycles. The van der Waals surface area contributed by atoms with E-state index in [1.54, 1.807) is 0 Å². The second kappa shape index (κ2) is 7.01. The molecule has 0 radical (unpaired) electrons. The molecule has 0 aromatic heterocycles. The first-order valence-corrected chi connectivity index (χ1v) is 6.68. The van der Waals surface area contributed by atoms with E-state index in [2.05, 4.69) is 29.5 Å². The van der Waals surface area contributed by atoms with Gasteiger partial charge in [-0.1, -0.05) is 22.6 Å². The topological polar surface area (TPSA) is 18.5 Å². The maximum Gasteiger partial charge on any atom is 0.157 e. The Morgan fingerprint density at radius 2 is 2.38 bits per heavy atom. The van der Waals surface area contributed by atoms with Gasteiger partial charge in [-0.2, -0.15) is 0 Å². The number of halogens is 1. The van der Waals surface area contributed by atoms with Crippen molar-refractivity contribution in [3.8, 4) is 0 Å². The Morgan fingerprint density at radius 1 is 1.54 bits per heavy atom. The molecule has 0 aromatic carbocycles. The van der Waals surface area contributed by atoms with Crippen LogP contribution in [0.15, 0.2) is 0 Å². The molecule has 0 saturated carbocycles. The summed E-state index contributed by atoms with van der Waals surface area (Å²) in [5.74, 6) is 0. The normalized spacial score (nSPS) is 25.8. The van der Waals surface area contributed by atoms with Crippen LogP contribution in [0.2, 0.25) is 0 Å². The van der Waals surface area contributed by atoms with E-state index in [1.165, 1.54) is 23.7 Å². The summed E-state index contributed by atoms with van der Waals surface area (Å²) < 4.78 is 12.5. The van der Waals surface area contributed by atoms with Crippen molar-refractivity contribution in [3.63, 3.8) is 0 Å². The van der Waals surface area contributed by atoms with Crippen LogP contribution in [-0.2, 0) is 9.47 Å². The highest BCUT2D eigenvalue weighted by Crippen LogP contribution is 2.17. The van der Waals surface area contributed by atoms with Crippen LogP contribution in [0.3, 0.4) is 0 Å². The maximum absolute atomic E-state index is 5.77. The molecule has 3 heteroatoms. The van der Waals surface area contributed by atoms with E-state index >= 15 is 0 Å². The van der Waals surface area contributed by atoms with Crippen molar-refractivity contribution in [3.05, 3.63) is 0 Å². The van der Waals surface area contributed by atoms with E-state index in [0.29, 0.717) is 6.10 Å². The molecule has 1 aliphatic heterocycles. The van der Waals surface area contributed by atoms with Gasteiger partial charge in [0.15, 0.2) is 6.29 Å². The third-order valence-electron chi connectivity index (χ3n) is 2.27. The number of hydrogen-bond acceptors (Lipinski definition) is 2. The third-order valence-corrected chi connectivity index (χ3v) is 3.03. The largest absolute Gasteiger partial charge is 0.353 e. The molecule has 2 atom stereocenters. The van der Waals surface area contributed by atoms with Crippen LogP contribution in [0.25, 0.3) is 0 Å². The summed E-state index contributed by atoms with van der Waals surface area (Å²) in [6, 6.07) is 0. The van der Waals surface area contributed by atoms with Crippen molar-refractivity contribution in [2.24, 2.45) is 0 Å². The summed E-state index contributed by atoms with van der Waals surface area (Å²) in [5.41, 5.74) is 0. The fraction of sp³-hybridized carbons (Fsp3) is 1.00. The molecule has 2 nitrogen and oxygen atoms in total. The molecular weight excluding hydrogens is 279 g/mol. The SMILES string of the molecule is CC(CCCI)OC1CCCCO1. The Balaban J connectivity index is 2.07. The smallest absolute Gasteiger partial charge is 0.157 e. The number of ether oxygens (including phenoxy) is 2. The number of hydrogen-bond donors (Lipinski definition) is 0. The second-order valence-electron chi connectivity index (χ2n) is 3.57. The summed E-state index contributed by atoms with van der Waals surface area (Å²) in [6.07, 6.45) is 6.37. The molecule has 13 heavy (non-hydrogen) atoms. The zero-order chi connectivity index (χ0) is 9.52. The van der Waals surface area contributed by atoms with Crippen molar-refractivity contribution in [2.75, 3.05) is 11.0 Å². The monoisotopic (exact) mass is 298 g/mol. The van der Waals surface area contributed by atoms with Crippen molar-refractivity contribution in [1.29, 1.82) is 0 Å². The lowest BCUT2D eigenvalue weighted by atomic mass is 10.2. The fourth-order valence-corrected chi connectivity index (χ4v) is 1.95. The average Bonchev–Trinajstić information content (AvgIpc) is 2.16. The Hall–Kier alpha value is 0.650. The van der Waals surface area contributed by atoms with E-state index in [4.69, 9.17) is 9.47 Å². The Kier molecular flexibility index (Phi) is 6.32. The molecule has 1 fully saturated rings. The quantitative estimate of drug-likeness (QED) is 0.573. The van der Waals surface area contributed by atoms with Crippen LogP contribution in [-0.4, -0.2) is 23.4 Å². The lowest BCUT2D eigenvalue weighted by Gasteiger charge is -2.25. The third kappa shape index (κ3) is 5.18. The Morgan fingerprint density at radius 3 is 3.00 bits per heavy atom. The van der Waals surface area contributed by atoms with Crippen molar-refractivity contribution in [1.82, 2.24) is 0 Å². The van der Waals surface area contributed by atoms with Gasteiger partial charge in [-0.15, -0.1) is 0 Å². The lowest BCUT2D eigenvalue weighted by Crippen LogP contribution is -2.26. The first kappa shape index (κ1) is 11.7. The van der Waals surface area contributed by atoms with Crippen LogP contribution in [0.4, 0.5) is 0 Å². The predicted octanol–water partition coefficient (Wildman–Crippen LogP) is 3.13. The van der Waals surface area contributed by atoms with E-state index in [-0.39, 0.29) is 6.29 Å². The van der Waals surface area contributed by atoms with Crippen LogP contribution in [0.1, 0.15) is 39.0 Å². The number of rotatable bonds is 5. The average molecular weight is 298 g/mol. The van der Waals surface area contributed by atoms with Gasteiger partial charge in [-0.3, -0.25) is 0 Å². The molecule has 0 bridgehead atoms. The standard InChI is InChI=1S/C10H19IO2/c1-9(5-4-7-11)13-10-6-2-3-8-12-10/h9-10H,2-8H2,1H3. The van der Waals surface area contributed by atoms with Gasteiger partial charge in [0.25, 0.3) is 0 Å². The summed E-state index contributed by atoms with van der Waals surface area (Å²) in [6.45, 7) is 3.02. The molecule has 0 spiro atoms. The van der Waals surface area contributed by atoms with Crippen molar-refractivity contribution < 1.29 is 9.47 Å². The maximum atomic E-state index is 5.77. The van der Waals surface area contributed by atoms with Gasteiger partial charge in [-0.05, 0) is 43.5 Å². The van der Waals surface area contributed by atoms with Crippen molar-refractivity contribution >= 4 is 22.6 Å². The molecule has 1 rings (SSSR count). The highest BCUT2D eigenvalue weighted by molar-refractivity contribution is 14.1. The highest BCUT2D eigenvalue weighted by atomic mass is 127. The highest BCUT2D eigenvalue weighted by Gasteiger charge is 2.16. The molecule has 1 saturated heterocycles. The summed E-state index contributed by atoms with van der Waals surface area (Å²) >= 11 is 2.40. The minimum absolute atomic E-state index is 0.0814. The Bertz CT molecular complexity index is 124. The van der Waals surface area contributed by atoms with Gasteiger partial charge in [-0.25, -0.2) is 0 Å². The molecular formula is C10H19IO2. The van der Waals surface area contributed by atoms with Crippen LogP contribution in [0, 0.1) is 0 Å². The van der Waals surface area contributed by atoms with Gasteiger partial charge < -0.3 is 9.47 Å². The van der Waals surface area contributed by atoms with E-state index in [0.717, 1.165) is 19.4 Å². The molecule has 1 heterocycles. The van der Waals surface area contributed by atoms with Gasteiger partial charge >= 0.3 is 0 Å². The van der Waals surface area contributed by atoms with Crippen LogP contribution in [0.5, 0.6) is 0 Å². The first-order valence-electron chi connectivity index (χ1n) is 5.16. The zero-order valence-corrected chi connectivity index (χ0v) is 10.5. The van der Waals surface area contributed by atoms with Gasteiger partial charge in [0.1, 0.15) is 0 Å². The van der Waals surface area contributed by atoms with Gasteiger partial charge in [0.05, 0.1) is 6.10 Å². The molecule has 0 aromatic rings. The van der Waals surface area contributed by atoms with Gasteiger partial charge in [0, 0.05) is 6.61 Å². The van der Waals surface area contributed by atoms with E-state index in [1.807, 2.05) is 0 Å². The minimum Gasteiger partial charge on any atom is -0.353 e. The fourth-order valence-electron chi connectivity index (χ4n) is 1.51. The molecule has 78 valence electrons. The van der Waals surface area contributed by atoms with Crippen molar-refractivity contribution in [2.45, 2.75) is 51.4 Å². The summed E-state index contributed by atoms with van der Waals surface area (Å²) in [7, 11) is 0. The van der Waals surface area contributed by atoms with Crippen LogP contribution < -0.4 is 0 Å². The summed E-state index contributed by atoms with van der Waals surface area (Å²) in [5, 5.41) is 0. The molecule has 1 aliphatic rings. The molecule has 0 N–H and O–H groups in total. The second-order valence-corrected chi connectivity index (χ2v) is 4.65. The van der Waals surface area contributed by atoms with E-state index < -0.39 is 0 Å². The molecule has 2 unspecified atom stereocenters. The number of alkyl halides is 1. The Labute approximate surface area is 94.5 Å². The van der Waals surface area contributed by atoms with E-state index in [9.17, 15) is 0 Å². The molecule has 0 amide bonds. The summed E-state index contributed by atoms with van der Waals surface area (Å²) in [4.78, 5) is 0. The zero-order valence-electron chi connectivity index (χ0n) is 8.30. The van der Waals surface area contributed by atoms with Gasteiger partial charge in [0.2, 0.25) is 0 Å². The van der Waals surface area contributed by atoms with Crippen LogP contribution >= 0.6 is 22.6 Å². The predicted molar refractivity (Wildman–Crippen MR) is 62.3 cm³/mol. The lowest BCUT2D eigenvalue weighted by molar-refractivity contribution is -0.185.